The van der Waals surface area contributed by atoms with Gasteiger partial charge in [0.1, 0.15) is 5.82 Å². The molecule has 2 amide bonds. The summed E-state index contributed by atoms with van der Waals surface area (Å²) in [5.74, 6) is -0.104. The molecule has 0 unspecified atom stereocenters. The second kappa shape index (κ2) is 8.75. The summed E-state index contributed by atoms with van der Waals surface area (Å²) in [5.41, 5.74) is 1.79. The number of aromatic nitrogens is 1. The summed E-state index contributed by atoms with van der Waals surface area (Å²) < 4.78 is 13.3. The molecule has 1 aromatic heterocycles. The first-order valence-electron chi connectivity index (χ1n) is 9.28. The van der Waals surface area contributed by atoms with Crippen LogP contribution in [-0.4, -0.2) is 29.4 Å². The molecular formula is C21H24FN3O2. The Kier molecular flexibility index (Phi) is 6.16. The molecule has 0 radical (unpaired) electrons. The number of carbonyl (C=O) groups is 2. The second-order valence-electron chi connectivity index (χ2n) is 7.08. The zero-order chi connectivity index (χ0) is 19.2. The van der Waals surface area contributed by atoms with Gasteiger partial charge < -0.3 is 10.6 Å². The molecule has 6 heteroatoms. The topological polar surface area (TPSA) is 71.1 Å². The van der Waals surface area contributed by atoms with Gasteiger partial charge in [0, 0.05) is 31.3 Å². The van der Waals surface area contributed by atoms with Gasteiger partial charge in [-0.1, -0.05) is 18.6 Å². The zero-order valence-corrected chi connectivity index (χ0v) is 15.4. The van der Waals surface area contributed by atoms with Gasteiger partial charge in [-0.05, 0) is 49.4 Å². The quantitative estimate of drug-likeness (QED) is 0.849. The number of amides is 2. The van der Waals surface area contributed by atoms with Crippen LogP contribution in [0.15, 0.2) is 42.6 Å². The molecule has 1 aliphatic rings. The highest BCUT2D eigenvalue weighted by Gasteiger charge is 2.23. The SMILES string of the molecule is CC(=O)NC[C@H]1CCC[C@@H](NC(=O)c2ccc(-c3cccc(F)c3)nc2)C1. The summed E-state index contributed by atoms with van der Waals surface area (Å²) in [6.07, 6.45) is 5.42. The van der Waals surface area contributed by atoms with Crippen LogP contribution >= 0.6 is 0 Å². The van der Waals surface area contributed by atoms with Gasteiger partial charge in [0.2, 0.25) is 5.91 Å². The maximum Gasteiger partial charge on any atom is 0.253 e. The van der Waals surface area contributed by atoms with Crippen molar-refractivity contribution in [3.05, 3.63) is 54.0 Å². The van der Waals surface area contributed by atoms with Gasteiger partial charge in [0.15, 0.2) is 0 Å². The summed E-state index contributed by atoms with van der Waals surface area (Å²) >= 11 is 0. The Bertz CT molecular complexity index is 807. The van der Waals surface area contributed by atoms with Crippen molar-refractivity contribution in [1.82, 2.24) is 15.6 Å². The molecule has 5 nitrogen and oxygen atoms in total. The average Bonchev–Trinajstić information content (AvgIpc) is 2.67. The molecule has 1 aliphatic carbocycles. The van der Waals surface area contributed by atoms with Crippen molar-refractivity contribution in [3.63, 3.8) is 0 Å². The van der Waals surface area contributed by atoms with E-state index in [1.165, 1.54) is 25.3 Å². The maximum absolute atomic E-state index is 13.3. The fourth-order valence-corrected chi connectivity index (χ4v) is 3.51. The van der Waals surface area contributed by atoms with Crippen molar-refractivity contribution in [1.29, 1.82) is 0 Å². The highest BCUT2D eigenvalue weighted by atomic mass is 19.1. The molecule has 1 saturated carbocycles. The molecule has 0 bridgehead atoms. The zero-order valence-electron chi connectivity index (χ0n) is 15.4. The third kappa shape index (κ3) is 5.36. The normalized spacial score (nSPS) is 19.3. The first kappa shape index (κ1) is 19.0. The van der Waals surface area contributed by atoms with Gasteiger partial charge in [0.05, 0.1) is 11.3 Å². The van der Waals surface area contributed by atoms with Gasteiger partial charge in [0.25, 0.3) is 5.91 Å². The Morgan fingerprint density at radius 1 is 1.22 bits per heavy atom. The number of rotatable bonds is 5. The summed E-state index contributed by atoms with van der Waals surface area (Å²) in [5, 5.41) is 5.93. The highest BCUT2D eigenvalue weighted by molar-refractivity contribution is 5.94. The van der Waals surface area contributed by atoms with Crippen LogP contribution in [-0.2, 0) is 4.79 Å². The standard InChI is InChI=1S/C21H24FN3O2/c1-14(26)23-12-15-4-2-7-19(10-15)25-21(27)17-8-9-20(24-13-17)16-5-3-6-18(22)11-16/h3,5-6,8-9,11,13,15,19H,2,4,7,10,12H2,1H3,(H,23,26)(H,25,27)/t15-,19+/m0/s1. The number of hydrogen-bond acceptors (Lipinski definition) is 3. The Hall–Kier alpha value is -2.76. The minimum absolute atomic E-state index is 0.0226. The molecule has 3 rings (SSSR count). The molecule has 1 fully saturated rings. The monoisotopic (exact) mass is 369 g/mol. The summed E-state index contributed by atoms with van der Waals surface area (Å²) in [6.45, 7) is 2.17. The lowest BCUT2D eigenvalue weighted by molar-refractivity contribution is -0.119. The number of hydrogen-bond donors (Lipinski definition) is 2. The van der Waals surface area contributed by atoms with Crippen LogP contribution in [0.4, 0.5) is 4.39 Å². The van der Waals surface area contributed by atoms with E-state index in [9.17, 15) is 14.0 Å². The van der Waals surface area contributed by atoms with Gasteiger partial charge >= 0.3 is 0 Å². The number of benzene rings is 1. The minimum atomic E-state index is -0.317. The van der Waals surface area contributed by atoms with Crippen LogP contribution < -0.4 is 10.6 Å². The van der Waals surface area contributed by atoms with E-state index in [2.05, 4.69) is 15.6 Å². The van der Waals surface area contributed by atoms with Crippen molar-refractivity contribution in [3.8, 4) is 11.3 Å². The molecule has 0 aliphatic heterocycles. The Labute approximate surface area is 158 Å². The maximum atomic E-state index is 13.3. The van der Waals surface area contributed by atoms with E-state index in [1.807, 2.05) is 0 Å². The van der Waals surface area contributed by atoms with Crippen LogP contribution in [0.1, 0.15) is 43.0 Å². The third-order valence-corrected chi connectivity index (χ3v) is 4.90. The van der Waals surface area contributed by atoms with Crippen LogP contribution in [0, 0.1) is 11.7 Å². The van der Waals surface area contributed by atoms with Crippen molar-refractivity contribution >= 4 is 11.8 Å². The average molecular weight is 369 g/mol. The van der Waals surface area contributed by atoms with Crippen molar-refractivity contribution < 1.29 is 14.0 Å². The fourth-order valence-electron chi connectivity index (χ4n) is 3.51. The number of carbonyl (C=O) groups excluding carboxylic acids is 2. The molecule has 2 aromatic rings. The smallest absolute Gasteiger partial charge is 0.253 e. The molecule has 1 heterocycles. The second-order valence-corrected chi connectivity index (χ2v) is 7.08. The third-order valence-electron chi connectivity index (χ3n) is 4.90. The molecule has 142 valence electrons. The predicted octanol–water partition coefficient (Wildman–Crippen LogP) is 3.31. The lowest BCUT2D eigenvalue weighted by Crippen LogP contribution is -2.40. The molecule has 1 aromatic carbocycles. The van der Waals surface area contributed by atoms with E-state index >= 15 is 0 Å². The summed E-state index contributed by atoms with van der Waals surface area (Å²) in [7, 11) is 0. The molecule has 0 spiro atoms. The number of nitrogens with one attached hydrogen (secondary N) is 2. The molecular weight excluding hydrogens is 345 g/mol. The first-order chi connectivity index (χ1) is 13.0. The van der Waals surface area contributed by atoms with Gasteiger partial charge in [-0.3, -0.25) is 14.6 Å². The van der Waals surface area contributed by atoms with E-state index in [0.717, 1.165) is 25.7 Å². The van der Waals surface area contributed by atoms with E-state index in [-0.39, 0.29) is 23.7 Å². The van der Waals surface area contributed by atoms with E-state index in [4.69, 9.17) is 0 Å². The van der Waals surface area contributed by atoms with E-state index in [0.29, 0.717) is 29.3 Å². The Balaban J connectivity index is 1.58. The van der Waals surface area contributed by atoms with Crippen molar-refractivity contribution in [2.75, 3.05) is 6.54 Å². The largest absolute Gasteiger partial charge is 0.356 e. The minimum Gasteiger partial charge on any atom is -0.356 e. The lowest BCUT2D eigenvalue weighted by atomic mass is 9.85. The highest BCUT2D eigenvalue weighted by Crippen LogP contribution is 2.24. The fraction of sp³-hybridized carbons (Fsp3) is 0.381. The number of nitrogens with zero attached hydrogens (tertiary/aromatic N) is 1. The molecule has 2 N–H and O–H groups in total. The van der Waals surface area contributed by atoms with Crippen LogP contribution in [0.25, 0.3) is 11.3 Å². The lowest BCUT2D eigenvalue weighted by Gasteiger charge is -2.29. The van der Waals surface area contributed by atoms with E-state index < -0.39 is 0 Å². The first-order valence-corrected chi connectivity index (χ1v) is 9.28. The van der Waals surface area contributed by atoms with Gasteiger partial charge in [-0.15, -0.1) is 0 Å². The molecule has 0 saturated heterocycles. The Morgan fingerprint density at radius 3 is 2.78 bits per heavy atom. The van der Waals surface area contributed by atoms with Crippen LogP contribution in [0.3, 0.4) is 0 Å². The summed E-state index contributed by atoms with van der Waals surface area (Å²) in [4.78, 5) is 27.9. The number of halogens is 1. The summed E-state index contributed by atoms with van der Waals surface area (Å²) in [6, 6.07) is 9.75. The predicted molar refractivity (Wildman–Crippen MR) is 102 cm³/mol. The molecule has 27 heavy (non-hydrogen) atoms. The van der Waals surface area contributed by atoms with Gasteiger partial charge in [-0.2, -0.15) is 0 Å². The van der Waals surface area contributed by atoms with Crippen LogP contribution in [0.2, 0.25) is 0 Å². The van der Waals surface area contributed by atoms with Gasteiger partial charge in [-0.25, -0.2) is 4.39 Å². The molecule has 2 atom stereocenters. The van der Waals surface area contributed by atoms with Crippen molar-refractivity contribution in [2.45, 2.75) is 38.6 Å². The van der Waals surface area contributed by atoms with E-state index in [1.54, 1.807) is 24.3 Å². The van der Waals surface area contributed by atoms with Crippen LogP contribution in [0.5, 0.6) is 0 Å². The Morgan fingerprint density at radius 2 is 2.07 bits per heavy atom. The number of pyridine rings is 1. The van der Waals surface area contributed by atoms with Crippen molar-refractivity contribution in [2.24, 2.45) is 5.92 Å².